The molecule has 0 radical (unpaired) electrons. The van der Waals surface area contributed by atoms with Gasteiger partial charge in [0.2, 0.25) is 0 Å². The van der Waals surface area contributed by atoms with Gasteiger partial charge in [-0.05, 0) is 30.2 Å². The van der Waals surface area contributed by atoms with Crippen LogP contribution in [0.1, 0.15) is 22.8 Å². The van der Waals surface area contributed by atoms with Crippen molar-refractivity contribution in [3.8, 4) is 0 Å². The fraction of sp³-hybridized carbons (Fsp3) is 0.214. The van der Waals surface area contributed by atoms with E-state index < -0.39 is 6.10 Å². The average Bonchev–Trinajstić information content (AvgIpc) is 2.29. The summed E-state index contributed by atoms with van der Waals surface area (Å²) in [6.45, 7) is 2.01. The number of aliphatic hydroxyl groups excluding tert-OH is 1. The fourth-order valence-corrected chi connectivity index (χ4v) is 1.84. The molecule has 3 nitrogen and oxygen atoms in total. The van der Waals surface area contributed by atoms with Gasteiger partial charge in [-0.25, -0.2) is 4.98 Å². The molecule has 1 aromatic carbocycles. The van der Waals surface area contributed by atoms with Gasteiger partial charge in [0.15, 0.2) is 0 Å². The van der Waals surface area contributed by atoms with Gasteiger partial charge < -0.3 is 10.8 Å². The lowest BCUT2D eigenvalue weighted by Crippen LogP contribution is -2.03. The highest BCUT2D eigenvalue weighted by molar-refractivity contribution is 5.33. The number of benzene rings is 1. The van der Waals surface area contributed by atoms with Crippen LogP contribution in [-0.4, -0.2) is 10.1 Å². The van der Waals surface area contributed by atoms with Crippen molar-refractivity contribution in [3.63, 3.8) is 0 Å². The summed E-state index contributed by atoms with van der Waals surface area (Å²) in [5, 5.41) is 10.1. The van der Waals surface area contributed by atoms with Gasteiger partial charge in [-0.15, -0.1) is 0 Å². The molecule has 1 aromatic heterocycles. The van der Waals surface area contributed by atoms with E-state index in [0.29, 0.717) is 12.2 Å². The highest BCUT2D eigenvalue weighted by Crippen LogP contribution is 2.19. The van der Waals surface area contributed by atoms with E-state index in [1.54, 1.807) is 12.3 Å². The first-order chi connectivity index (χ1) is 8.15. The molecule has 0 saturated carbocycles. The summed E-state index contributed by atoms with van der Waals surface area (Å²) in [5.74, 6) is 0.485. The Balaban J connectivity index is 2.14. The minimum absolute atomic E-state index is 0.485. The Kier molecular flexibility index (Phi) is 3.40. The van der Waals surface area contributed by atoms with E-state index in [-0.39, 0.29) is 0 Å². The van der Waals surface area contributed by atoms with E-state index in [9.17, 15) is 5.11 Å². The van der Waals surface area contributed by atoms with Crippen LogP contribution in [0.5, 0.6) is 0 Å². The van der Waals surface area contributed by atoms with Crippen LogP contribution in [0.25, 0.3) is 0 Å². The largest absolute Gasteiger partial charge is 0.388 e. The lowest BCUT2D eigenvalue weighted by atomic mass is 10.0. The van der Waals surface area contributed by atoms with Gasteiger partial charge in [-0.1, -0.05) is 29.8 Å². The van der Waals surface area contributed by atoms with E-state index in [1.807, 2.05) is 37.3 Å². The van der Waals surface area contributed by atoms with E-state index in [0.717, 1.165) is 16.7 Å². The summed E-state index contributed by atoms with van der Waals surface area (Å²) in [6.07, 6.45) is 1.71. The number of nitrogen functional groups attached to an aromatic ring is 1. The van der Waals surface area contributed by atoms with Gasteiger partial charge in [0.05, 0.1) is 6.10 Å². The average molecular weight is 228 g/mol. The molecular formula is C14H16N2O. The first-order valence-electron chi connectivity index (χ1n) is 5.60. The number of aliphatic hydroxyl groups is 1. The van der Waals surface area contributed by atoms with Crippen LogP contribution in [0.2, 0.25) is 0 Å². The molecule has 1 unspecified atom stereocenters. The minimum atomic E-state index is -0.503. The van der Waals surface area contributed by atoms with Crippen molar-refractivity contribution in [2.45, 2.75) is 19.4 Å². The van der Waals surface area contributed by atoms with Crippen molar-refractivity contribution in [2.75, 3.05) is 5.73 Å². The SMILES string of the molecule is Cc1cccc(C(O)Cc2ccnc(N)c2)c1. The molecule has 0 amide bonds. The Bertz CT molecular complexity index is 511. The molecule has 3 N–H and O–H groups in total. The molecule has 0 aliphatic carbocycles. The second-order valence-corrected chi connectivity index (χ2v) is 4.22. The molecule has 1 atom stereocenters. The number of hydrogen-bond donors (Lipinski definition) is 2. The topological polar surface area (TPSA) is 59.1 Å². The quantitative estimate of drug-likeness (QED) is 0.847. The number of nitrogens with zero attached hydrogens (tertiary/aromatic N) is 1. The zero-order chi connectivity index (χ0) is 12.3. The number of hydrogen-bond acceptors (Lipinski definition) is 3. The van der Waals surface area contributed by atoms with Crippen molar-refractivity contribution in [1.82, 2.24) is 4.98 Å². The normalized spacial score (nSPS) is 12.4. The predicted octanol–water partition coefficient (Wildman–Crippen LogP) is 2.25. The van der Waals surface area contributed by atoms with Crippen LogP contribution < -0.4 is 5.73 Å². The zero-order valence-corrected chi connectivity index (χ0v) is 9.80. The Morgan fingerprint density at radius 1 is 1.29 bits per heavy atom. The maximum absolute atomic E-state index is 10.1. The minimum Gasteiger partial charge on any atom is -0.388 e. The molecule has 0 aliphatic heterocycles. The van der Waals surface area contributed by atoms with Crippen molar-refractivity contribution in [2.24, 2.45) is 0 Å². The summed E-state index contributed by atoms with van der Waals surface area (Å²) in [4.78, 5) is 3.93. The third-order valence-electron chi connectivity index (χ3n) is 2.70. The van der Waals surface area contributed by atoms with Gasteiger partial charge in [-0.2, -0.15) is 0 Å². The van der Waals surface area contributed by atoms with Crippen LogP contribution in [0, 0.1) is 6.92 Å². The third-order valence-corrected chi connectivity index (χ3v) is 2.70. The monoisotopic (exact) mass is 228 g/mol. The van der Waals surface area contributed by atoms with Crippen LogP contribution in [-0.2, 0) is 6.42 Å². The summed E-state index contributed by atoms with van der Waals surface area (Å²) in [5.41, 5.74) is 8.68. The lowest BCUT2D eigenvalue weighted by Gasteiger charge is -2.11. The Morgan fingerprint density at radius 3 is 2.82 bits per heavy atom. The molecule has 0 aliphatic rings. The molecule has 1 heterocycles. The van der Waals surface area contributed by atoms with E-state index >= 15 is 0 Å². The standard InChI is InChI=1S/C14H16N2O/c1-10-3-2-4-12(7-10)13(17)8-11-5-6-16-14(15)9-11/h2-7,9,13,17H,8H2,1H3,(H2,15,16). The van der Waals surface area contributed by atoms with Crippen molar-refractivity contribution in [3.05, 3.63) is 59.3 Å². The Labute approximate surface area is 101 Å². The zero-order valence-electron chi connectivity index (χ0n) is 9.80. The second kappa shape index (κ2) is 4.97. The van der Waals surface area contributed by atoms with E-state index in [2.05, 4.69) is 4.98 Å². The van der Waals surface area contributed by atoms with Gasteiger partial charge in [-0.3, -0.25) is 0 Å². The highest BCUT2D eigenvalue weighted by atomic mass is 16.3. The van der Waals surface area contributed by atoms with Crippen LogP contribution in [0.4, 0.5) is 5.82 Å². The number of nitrogens with two attached hydrogens (primary N) is 1. The molecule has 0 bridgehead atoms. The second-order valence-electron chi connectivity index (χ2n) is 4.22. The third kappa shape index (κ3) is 3.04. The maximum Gasteiger partial charge on any atom is 0.123 e. The highest BCUT2D eigenvalue weighted by Gasteiger charge is 2.08. The summed E-state index contributed by atoms with van der Waals surface area (Å²) in [7, 11) is 0. The van der Waals surface area contributed by atoms with Crippen LogP contribution in [0.3, 0.4) is 0 Å². The molecule has 0 saturated heterocycles. The fourth-order valence-electron chi connectivity index (χ4n) is 1.84. The molecule has 0 spiro atoms. The summed E-state index contributed by atoms with van der Waals surface area (Å²) in [6, 6.07) is 11.6. The number of pyridine rings is 1. The molecule has 2 rings (SSSR count). The van der Waals surface area contributed by atoms with Gasteiger partial charge in [0.1, 0.15) is 5.82 Å². The molecule has 2 aromatic rings. The summed E-state index contributed by atoms with van der Waals surface area (Å²) < 4.78 is 0. The van der Waals surface area contributed by atoms with E-state index in [1.165, 1.54) is 0 Å². The number of anilines is 1. The van der Waals surface area contributed by atoms with Gasteiger partial charge in [0.25, 0.3) is 0 Å². The Hall–Kier alpha value is -1.87. The first-order valence-corrected chi connectivity index (χ1v) is 5.60. The van der Waals surface area contributed by atoms with Crippen molar-refractivity contribution < 1.29 is 5.11 Å². The lowest BCUT2D eigenvalue weighted by molar-refractivity contribution is 0.178. The van der Waals surface area contributed by atoms with E-state index in [4.69, 9.17) is 5.73 Å². The van der Waals surface area contributed by atoms with Crippen molar-refractivity contribution in [1.29, 1.82) is 0 Å². The molecular weight excluding hydrogens is 212 g/mol. The Morgan fingerprint density at radius 2 is 2.12 bits per heavy atom. The molecule has 17 heavy (non-hydrogen) atoms. The van der Waals surface area contributed by atoms with Gasteiger partial charge in [0, 0.05) is 12.6 Å². The smallest absolute Gasteiger partial charge is 0.123 e. The van der Waals surface area contributed by atoms with Crippen LogP contribution >= 0.6 is 0 Å². The van der Waals surface area contributed by atoms with Crippen LogP contribution in [0.15, 0.2) is 42.6 Å². The number of rotatable bonds is 3. The van der Waals surface area contributed by atoms with Gasteiger partial charge >= 0.3 is 0 Å². The summed E-state index contributed by atoms with van der Waals surface area (Å²) >= 11 is 0. The maximum atomic E-state index is 10.1. The molecule has 88 valence electrons. The van der Waals surface area contributed by atoms with Crippen molar-refractivity contribution >= 4 is 5.82 Å². The number of aryl methyl sites for hydroxylation is 1. The first kappa shape index (κ1) is 11.6. The molecule has 0 fully saturated rings. The number of aromatic nitrogens is 1. The molecule has 3 heteroatoms. The predicted molar refractivity (Wildman–Crippen MR) is 68.5 cm³/mol.